The van der Waals surface area contributed by atoms with E-state index in [0.29, 0.717) is 17.2 Å². The minimum Gasteiger partial charge on any atom is -0.438 e. The van der Waals surface area contributed by atoms with E-state index in [1.807, 2.05) is 25.1 Å². The van der Waals surface area contributed by atoms with E-state index in [9.17, 15) is 4.79 Å². The molecule has 0 unspecified atom stereocenters. The van der Waals surface area contributed by atoms with Crippen molar-refractivity contribution >= 4 is 21.7 Å². The molecule has 0 aliphatic heterocycles. The number of aromatic nitrogens is 1. The van der Waals surface area contributed by atoms with Crippen molar-refractivity contribution in [3.63, 3.8) is 0 Å². The molecule has 0 atom stereocenters. The summed E-state index contributed by atoms with van der Waals surface area (Å²) in [4.78, 5) is 15.2. The Morgan fingerprint density at radius 1 is 1.28 bits per heavy atom. The fourth-order valence-corrected chi connectivity index (χ4v) is 2.02. The Hall–Kier alpha value is -1.68. The highest BCUT2D eigenvalue weighted by Crippen LogP contribution is 2.29. The monoisotopic (exact) mass is 305 g/mol. The molecule has 0 aliphatic carbocycles. The van der Waals surface area contributed by atoms with Gasteiger partial charge in [0.1, 0.15) is 5.75 Å². The quantitative estimate of drug-likeness (QED) is 0.800. The predicted octanol–water partition coefficient (Wildman–Crippen LogP) is 4.15. The molecule has 0 N–H and O–H groups in total. The third-order valence-electron chi connectivity index (χ3n) is 2.44. The molecule has 0 amide bonds. The van der Waals surface area contributed by atoms with Gasteiger partial charge in [-0.1, -0.05) is 6.07 Å². The first kappa shape index (κ1) is 12.8. The van der Waals surface area contributed by atoms with Crippen molar-refractivity contribution in [2.24, 2.45) is 0 Å². The number of hydrogen-bond acceptors (Lipinski definition) is 3. The lowest BCUT2D eigenvalue weighted by Gasteiger charge is -2.07. The second-order valence-corrected chi connectivity index (χ2v) is 4.83. The smallest absolute Gasteiger partial charge is 0.219 e. The maximum Gasteiger partial charge on any atom is 0.219 e. The maximum absolute atomic E-state index is 11.1. The molecule has 4 heteroatoms. The van der Waals surface area contributed by atoms with Gasteiger partial charge in [-0.3, -0.25) is 4.79 Å². The van der Waals surface area contributed by atoms with Crippen LogP contribution in [0.2, 0.25) is 0 Å². The number of aryl methyl sites for hydroxylation is 1. The molecule has 1 aromatic heterocycles. The summed E-state index contributed by atoms with van der Waals surface area (Å²) in [5, 5.41) is 0. The Kier molecular flexibility index (Phi) is 3.77. The topological polar surface area (TPSA) is 39.2 Å². The molecule has 1 heterocycles. The van der Waals surface area contributed by atoms with E-state index in [4.69, 9.17) is 4.74 Å². The van der Waals surface area contributed by atoms with Gasteiger partial charge in [0.25, 0.3) is 0 Å². The van der Waals surface area contributed by atoms with Crippen LogP contribution in [0, 0.1) is 6.92 Å². The van der Waals surface area contributed by atoms with Gasteiger partial charge >= 0.3 is 0 Å². The van der Waals surface area contributed by atoms with Crippen LogP contribution in [0.15, 0.2) is 41.0 Å². The highest BCUT2D eigenvalue weighted by atomic mass is 79.9. The van der Waals surface area contributed by atoms with Gasteiger partial charge in [-0.05, 0) is 53.5 Å². The Morgan fingerprint density at radius 2 is 2.06 bits per heavy atom. The van der Waals surface area contributed by atoms with Crippen molar-refractivity contribution in [3.8, 4) is 11.6 Å². The minimum absolute atomic E-state index is 0.00873. The van der Waals surface area contributed by atoms with Gasteiger partial charge in [0.05, 0.1) is 4.47 Å². The molecule has 0 saturated carbocycles. The molecule has 3 nitrogen and oxygen atoms in total. The largest absolute Gasteiger partial charge is 0.438 e. The van der Waals surface area contributed by atoms with Crippen molar-refractivity contribution in [2.45, 2.75) is 13.8 Å². The SMILES string of the molecule is CC(=O)c1ccc(Oc2ccc(C)cc2Br)nc1. The number of ether oxygens (including phenoxy) is 1. The highest BCUT2D eigenvalue weighted by molar-refractivity contribution is 9.10. The number of carbonyl (C=O) groups is 1. The zero-order valence-electron chi connectivity index (χ0n) is 10.1. The molecular weight excluding hydrogens is 294 g/mol. The van der Waals surface area contributed by atoms with Gasteiger partial charge in [0.2, 0.25) is 5.88 Å². The fourth-order valence-electron chi connectivity index (χ4n) is 1.45. The lowest BCUT2D eigenvalue weighted by molar-refractivity contribution is 0.101. The molecule has 0 radical (unpaired) electrons. The van der Waals surface area contributed by atoms with Crippen LogP contribution in [-0.2, 0) is 0 Å². The third-order valence-corrected chi connectivity index (χ3v) is 3.06. The standard InChI is InChI=1S/C14H12BrNO2/c1-9-3-5-13(12(15)7-9)18-14-6-4-11(8-16-14)10(2)17/h3-8H,1-2H3. The predicted molar refractivity (Wildman–Crippen MR) is 73.2 cm³/mol. The van der Waals surface area contributed by atoms with E-state index in [1.165, 1.54) is 13.1 Å². The second kappa shape index (κ2) is 5.31. The average Bonchev–Trinajstić information content (AvgIpc) is 2.33. The van der Waals surface area contributed by atoms with E-state index < -0.39 is 0 Å². The summed E-state index contributed by atoms with van der Waals surface area (Å²) in [6.45, 7) is 3.52. The summed E-state index contributed by atoms with van der Waals surface area (Å²) >= 11 is 3.44. The number of ketones is 1. The molecule has 2 rings (SSSR count). The van der Waals surface area contributed by atoms with Crippen LogP contribution < -0.4 is 4.74 Å². The molecule has 0 saturated heterocycles. The zero-order valence-corrected chi connectivity index (χ0v) is 11.7. The van der Waals surface area contributed by atoms with Crippen molar-refractivity contribution < 1.29 is 9.53 Å². The molecule has 18 heavy (non-hydrogen) atoms. The van der Waals surface area contributed by atoms with Gasteiger partial charge < -0.3 is 4.74 Å². The molecule has 0 fully saturated rings. The average molecular weight is 306 g/mol. The van der Waals surface area contributed by atoms with E-state index in [2.05, 4.69) is 20.9 Å². The maximum atomic E-state index is 11.1. The number of pyridine rings is 1. The molecule has 1 aromatic carbocycles. The third kappa shape index (κ3) is 2.96. The highest BCUT2D eigenvalue weighted by Gasteiger charge is 2.05. The van der Waals surface area contributed by atoms with Crippen molar-refractivity contribution in [3.05, 3.63) is 52.1 Å². The van der Waals surface area contributed by atoms with E-state index in [0.717, 1.165) is 10.0 Å². The number of rotatable bonds is 3. The summed E-state index contributed by atoms with van der Waals surface area (Å²) in [6.07, 6.45) is 1.51. The summed E-state index contributed by atoms with van der Waals surface area (Å²) in [6, 6.07) is 9.19. The zero-order chi connectivity index (χ0) is 13.1. The summed E-state index contributed by atoms with van der Waals surface area (Å²) in [5.74, 6) is 1.15. The van der Waals surface area contributed by atoms with Crippen LogP contribution in [0.5, 0.6) is 11.6 Å². The summed E-state index contributed by atoms with van der Waals surface area (Å²) in [5.41, 5.74) is 1.72. The lowest BCUT2D eigenvalue weighted by atomic mass is 10.2. The Labute approximate surface area is 114 Å². The number of carbonyl (C=O) groups excluding carboxylic acids is 1. The van der Waals surface area contributed by atoms with Gasteiger partial charge in [0, 0.05) is 17.8 Å². The van der Waals surface area contributed by atoms with E-state index >= 15 is 0 Å². The van der Waals surface area contributed by atoms with Gasteiger partial charge in [0.15, 0.2) is 5.78 Å². The molecule has 0 aliphatic rings. The van der Waals surface area contributed by atoms with Crippen molar-refractivity contribution in [1.82, 2.24) is 4.98 Å². The Morgan fingerprint density at radius 3 is 2.61 bits per heavy atom. The van der Waals surface area contributed by atoms with Gasteiger partial charge in [-0.25, -0.2) is 4.98 Å². The Bertz CT molecular complexity index is 579. The van der Waals surface area contributed by atoms with Crippen molar-refractivity contribution in [2.75, 3.05) is 0 Å². The minimum atomic E-state index is -0.00873. The first-order valence-electron chi connectivity index (χ1n) is 5.47. The fraction of sp³-hybridized carbons (Fsp3) is 0.143. The first-order chi connectivity index (χ1) is 8.56. The molecule has 2 aromatic rings. The summed E-state index contributed by atoms with van der Waals surface area (Å²) in [7, 11) is 0. The molecular formula is C14H12BrNO2. The first-order valence-corrected chi connectivity index (χ1v) is 6.26. The molecule has 92 valence electrons. The second-order valence-electron chi connectivity index (χ2n) is 3.98. The number of hydrogen-bond donors (Lipinski definition) is 0. The van der Waals surface area contributed by atoms with Crippen LogP contribution in [0.4, 0.5) is 0 Å². The summed E-state index contributed by atoms with van der Waals surface area (Å²) < 4.78 is 6.50. The van der Waals surface area contributed by atoms with E-state index in [-0.39, 0.29) is 5.78 Å². The van der Waals surface area contributed by atoms with Gasteiger partial charge in [-0.15, -0.1) is 0 Å². The van der Waals surface area contributed by atoms with Crippen LogP contribution in [0.25, 0.3) is 0 Å². The lowest BCUT2D eigenvalue weighted by Crippen LogP contribution is -1.94. The van der Waals surface area contributed by atoms with Crippen LogP contribution in [0.1, 0.15) is 22.8 Å². The Balaban J connectivity index is 2.21. The van der Waals surface area contributed by atoms with Crippen LogP contribution >= 0.6 is 15.9 Å². The van der Waals surface area contributed by atoms with E-state index in [1.54, 1.807) is 12.1 Å². The van der Waals surface area contributed by atoms with Gasteiger partial charge in [-0.2, -0.15) is 0 Å². The van der Waals surface area contributed by atoms with Crippen LogP contribution in [-0.4, -0.2) is 10.8 Å². The normalized spacial score (nSPS) is 10.2. The molecule has 0 bridgehead atoms. The number of halogens is 1. The molecule has 0 spiro atoms. The van der Waals surface area contributed by atoms with Crippen LogP contribution in [0.3, 0.4) is 0 Å². The van der Waals surface area contributed by atoms with Crippen molar-refractivity contribution in [1.29, 1.82) is 0 Å². The number of benzene rings is 1. The number of Topliss-reactive ketones (excluding diaryl/α,β-unsaturated/α-hetero) is 1. The number of nitrogens with zero attached hydrogens (tertiary/aromatic N) is 1.